The normalized spacial score (nSPS) is 9.61. The summed E-state index contributed by atoms with van der Waals surface area (Å²) in [5, 5.41) is 14.9. The molecule has 0 unspecified atom stereocenters. The van der Waals surface area contributed by atoms with Crippen molar-refractivity contribution in [1.29, 1.82) is 5.26 Å². The number of ether oxygens (including phenoxy) is 1. The number of hydrogen-bond acceptors (Lipinski definition) is 4. The molecule has 0 aliphatic carbocycles. The van der Waals surface area contributed by atoms with Crippen molar-refractivity contribution < 1.29 is 9.53 Å². The molecule has 0 saturated carbocycles. The number of rotatable bonds is 3. The molecule has 0 radical (unpaired) electrons. The number of benzene rings is 2. The fourth-order valence-electron chi connectivity index (χ4n) is 1.87. The Bertz CT molecular complexity index is 802. The summed E-state index contributed by atoms with van der Waals surface area (Å²) < 4.78 is 5.13. The third-order valence-electron chi connectivity index (χ3n) is 2.93. The first-order valence-corrected chi connectivity index (χ1v) is 7.28. The van der Waals surface area contributed by atoms with E-state index >= 15 is 0 Å². The lowest BCUT2D eigenvalue weighted by Crippen LogP contribution is -2.34. The number of carbonyl (C=O) groups is 1. The summed E-state index contributed by atoms with van der Waals surface area (Å²) in [6, 6.07) is 13.6. The molecule has 2 rings (SSSR count). The molecule has 23 heavy (non-hydrogen) atoms. The van der Waals surface area contributed by atoms with E-state index in [-0.39, 0.29) is 10.7 Å². The van der Waals surface area contributed by atoms with Gasteiger partial charge in [-0.25, -0.2) is 0 Å². The minimum absolute atomic E-state index is 0.0692. The van der Waals surface area contributed by atoms with Gasteiger partial charge in [-0.1, -0.05) is 23.7 Å². The maximum absolute atomic E-state index is 12.3. The summed E-state index contributed by atoms with van der Waals surface area (Å²) in [4.78, 5) is 12.3. The quantitative estimate of drug-likeness (QED) is 0.834. The van der Waals surface area contributed by atoms with Crippen LogP contribution in [0.3, 0.4) is 0 Å². The maximum atomic E-state index is 12.3. The number of thiocarbonyl (C=S) groups is 1. The van der Waals surface area contributed by atoms with Crippen LogP contribution in [0.25, 0.3) is 0 Å². The number of para-hydroxylation sites is 1. The van der Waals surface area contributed by atoms with Crippen molar-refractivity contribution in [3.8, 4) is 11.8 Å². The number of nitriles is 1. The Hall–Kier alpha value is -2.62. The molecule has 1 amide bonds. The van der Waals surface area contributed by atoms with Gasteiger partial charge in [0.15, 0.2) is 5.11 Å². The van der Waals surface area contributed by atoms with Crippen molar-refractivity contribution in [2.24, 2.45) is 0 Å². The van der Waals surface area contributed by atoms with Gasteiger partial charge < -0.3 is 10.1 Å². The maximum Gasteiger partial charge on any atom is 0.261 e. The van der Waals surface area contributed by atoms with Crippen LogP contribution in [0.4, 0.5) is 5.69 Å². The van der Waals surface area contributed by atoms with E-state index in [2.05, 4.69) is 10.6 Å². The third kappa shape index (κ3) is 4.19. The molecular formula is C16H12ClN3O2S. The summed E-state index contributed by atoms with van der Waals surface area (Å²) >= 11 is 11.0. The molecule has 5 nitrogen and oxygen atoms in total. The molecule has 0 fully saturated rings. The number of methoxy groups -OCH3 is 1. The molecule has 0 aliphatic heterocycles. The highest BCUT2D eigenvalue weighted by Gasteiger charge is 2.14. The smallest absolute Gasteiger partial charge is 0.261 e. The van der Waals surface area contributed by atoms with Crippen molar-refractivity contribution in [3.05, 3.63) is 58.6 Å². The van der Waals surface area contributed by atoms with Crippen LogP contribution in [-0.2, 0) is 0 Å². The van der Waals surface area contributed by atoms with Gasteiger partial charge >= 0.3 is 0 Å². The fraction of sp³-hybridized carbons (Fsp3) is 0.0625. The molecule has 0 bridgehead atoms. The SMILES string of the molecule is COc1ccc(Cl)cc1C(=O)NC(=S)Nc1ccccc1C#N. The summed E-state index contributed by atoms with van der Waals surface area (Å²) in [5.74, 6) is -0.0802. The van der Waals surface area contributed by atoms with Crippen LogP contribution in [-0.4, -0.2) is 18.1 Å². The van der Waals surface area contributed by atoms with Crippen molar-refractivity contribution >= 4 is 40.5 Å². The summed E-state index contributed by atoms with van der Waals surface area (Å²) in [7, 11) is 1.46. The Labute approximate surface area is 143 Å². The molecular weight excluding hydrogens is 334 g/mol. The molecule has 0 spiro atoms. The molecule has 0 atom stereocenters. The number of amides is 1. The fourth-order valence-corrected chi connectivity index (χ4v) is 2.25. The van der Waals surface area contributed by atoms with Crippen LogP contribution in [0.15, 0.2) is 42.5 Å². The zero-order valence-corrected chi connectivity index (χ0v) is 13.7. The molecule has 2 aromatic rings. The average molecular weight is 346 g/mol. The predicted molar refractivity (Wildman–Crippen MR) is 92.8 cm³/mol. The second-order valence-corrected chi connectivity index (χ2v) is 5.25. The summed E-state index contributed by atoms with van der Waals surface area (Å²) in [6.45, 7) is 0. The van der Waals surface area contributed by atoms with E-state index in [0.29, 0.717) is 22.0 Å². The second-order valence-electron chi connectivity index (χ2n) is 4.41. The molecule has 0 heterocycles. The van der Waals surface area contributed by atoms with Crippen LogP contribution in [0.5, 0.6) is 5.75 Å². The molecule has 0 aliphatic rings. The van der Waals surface area contributed by atoms with E-state index in [0.717, 1.165) is 0 Å². The zero-order chi connectivity index (χ0) is 16.8. The van der Waals surface area contributed by atoms with E-state index in [9.17, 15) is 4.79 Å². The molecule has 2 N–H and O–H groups in total. The van der Waals surface area contributed by atoms with Crippen molar-refractivity contribution in [2.75, 3.05) is 12.4 Å². The second kappa shape index (κ2) is 7.58. The lowest BCUT2D eigenvalue weighted by atomic mass is 10.2. The van der Waals surface area contributed by atoms with Gasteiger partial charge in [0, 0.05) is 5.02 Å². The van der Waals surface area contributed by atoms with Crippen molar-refractivity contribution in [3.63, 3.8) is 0 Å². The van der Waals surface area contributed by atoms with Gasteiger partial charge in [-0.3, -0.25) is 10.1 Å². The number of hydrogen-bond donors (Lipinski definition) is 2. The van der Waals surface area contributed by atoms with Gasteiger partial charge in [0.1, 0.15) is 11.8 Å². The highest BCUT2D eigenvalue weighted by molar-refractivity contribution is 7.80. The van der Waals surface area contributed by atoms with Gasteiger partial charge in [0.05, 0.1) is 23.9 Å². The average Bonchev–Trinajstić information content (AvgIpc) is 2.55. The number of anilines is 1. The molecule has 7 heteroatoms. The standard InChI is InChI=1S/C16H12ClN3O2S/c1-22-14-7-6-11(17)8-12(14)15(21)20-16(23)19-13-5-3-2-4-10(13)9-18/h2-8H,1H3,(H2,19,20,21,23). The topological polar surface area (TPSA) is 74.2 Å². The molecule has 0 saturated heterocycles. The predicted octanol–water partition coefficient (Wildman–Crippen LogP) is 3.35. The Kier molecular flexibility index (Phi) is 5.52. The van der Waals surface area contributed by atoms with Crippen LogP contribution in [0.1, 0.15) is 15.9 Å². The largest absolute Gasteiger partial charge is 0.496 e. The highest BCUT2D eigenvalue weighted by Crippen LogP contribution is 2.22. The highest BCUT2D eigenvalue weighted by atomic mass is 35.5. The van der Waals surface area contributed by atoms with Gasteiger partial charge in [0.25, 0.3) is 5.91 Å². The minimum atomic E-state index is -0.462. The van der Waals surface area contributed by atoms with Gasteiger partial charge in [-0.15, -0.1) is 0 Å². The van der Waals surface area contributed by atoms with Crippen LogP contribution in [0.2, 0.25) is 5.02 Å². The Morgan fingerprint density at radius 2 is 2.04 bits per heavy atom. The number of nitrogens with one attached hydrogen (secondary N) is 2. The number of halogens is 1. The monoisotopic (exact) mass is 345 g/mol. The van der Waals surface area contributed by atoms with Gasteiger partial charge in [0.2, 0.25) is 0 Å². The lowest BCUT2D eigenvalue weighted by molar-refractivity contribution is 0.0975. The van der Waals surface area contributed by atoms with E-state index in [4.69, 9.17) is 33.8 Å². The third-order valence-corrected chi connectivity index (χ3v) is 3.37. The summed E-state index contributed by atoms with van der Waals surface area (Å²) in [6.07, 6.45) is 0. The molecule has 2 aromatic carbocycles. The first-order chi connectivity index (χ1) is 11.0. The lowest BCUT2D eigenvalue weighted by Gasteiger charge is -2.12. The van der Waals surface area contributed by atoms with E-state index in [1.54, 1.807) is 36.4 Å². The zero-order valence-electron chi connectivity index (χ0n) is 12.1. The Morgan fingerprint density at radius 1 is 1.30 bits per heavy atom. The van der Waals surface area contributed by atoms with Gasteiger partial charge in [-0.05, 0) is 42.5 Å². The van der Waals surface area contributed by atoms with E-state index < -0.39 is 5.91 Å². The van der Waals surface area contributed by atoms with Crippen molar-refractivity contribution in [2.45, 2.75) is 0 Å². The first kappa shape index (κ1) is 16.7. The minimum Gasteiger partial charge on any atom is -0.496 e. The van der Waals surface area contributed by atoms with Crippen molar-refractivity contribution in [1.82, 2.24) is 5.32 Å². The Balaban J connectivity index is 2.13. The van der Waals surface area contributed by atoms with E-state index in [1.807, 2.05) is 6.07 Å². The number of nitrogens with zero attached hydrogens (tertiary/aromatic N) is 1. The summed E-state index contributed by atoms with van der Waals surface area (Å²) in [5.41, 5.74) is 1.19. The molecule has 0 aromatic heterocycles. The number of carbonyl (C=O) groups excluding carboxylic acids is 1. The van der Waals surface area contributed by atoms with Crippen LogP contribution < -0.4 is 15.4 Å². The Morgan fingerprint density at radius 3 is 2.74 bits per heavy atom. The molecule has 116 valence electrons. The first-order valence-electron chi connectivity index (χ1n) is 6.50. The van der Waals surface area contributed by atoms with Crippen LogP contribution >= 0.6 is 23.8 Å². The van der Waals surface area contributed by atoms with Gasteiger partial charge in [-0.2, -0.15) is 5.26 Å². The van der Waals surface area contributed by atoms with Crippen LogP contribution in [0, 0.1) is 11.3 Å². The van der Waals surface area contributed by atoms with E-state index in [1.165, 1.54) is 13.2 Å².